The number of piperidine rings is 1. The molecule has 0 aromatic heterocycles. The lowest BCUT2D eigenvalue weighted by molar-refractivity contribution is -0.138. The zero-order chi connectivity index (χ0) is 14.0. The number of urea groups is 1. The van der Waals surface area contributed by atoms with Crippen LogP contribution in [0.4, 0.5) is 4.79 Å². The fraction of sp³-hybridized carbons (Fsp3) is 0.769. The maximum atomic E-state index is 12.4. The van der Waals surface area contributed by atoms with Gasteiger partial charge in [0.25, 0.3) is 0 Å². The summed E-state index contributed by atoms with van der Waals surface area (Å²) < 4.78 is 0. The minimum absolute atomic E-state index is 0.0187. The number of carbonyl (C=O) groups is 3. The van der Waals surface area contributed by atoms with Crippen LogP contribution in [0.2, 0.25) is 0 Å². The van der Waals surface area contributed by atoms with Crippen molar-refractivity contribution >= 4 is 17.8 Å². The highest BCUT2D eigenvalue weighted by atomic mass is 16.2. The second-order valence-electron chi connectivity index (χ2n) is 5.42. The average molecular weight is 267 g/mol. The lowest BCUT2D eigenvalue weighted by atomic mass is 9.99. The highest BCUT2D eigenvalue weighted by Gasteiger charge is 2.37. The number of piperazine rings is 1. The summed E-state index contributed by atoms with van der Waals surface area (Å²) in [5.41, 5.74) is 0. The quantitative estimate of drug-likeness (QED) is 0.706. The van der Waals surface area contributed by atoms with E-state index >= 15 is 0 Å². The second-order valence-corrected chi connectivity index (χ2v) is 5.42. The molecule has 2 aliphatic rings. The topological polar surface area (TPSA) is 69.7 Å². The van der Waals surface area contributed by atoms with Gasteiger partial charge >= 0.3 is 6.03 Å². The number of nitrogens with zero attached hydrogens (tertiary/aromatic N) is 2. The molecule has 2 aliphatic heterocycles. The molecule has 1 unspecified atom stereocenters. The molecular formula is C13H21N3O3. The SMILES string of the molecule is CCC1C(=O)NC(=O)CN1C(=O)N1CCC(C)CC1. The molecule has 2 rings (SSSR count). The van der Waals surface area contributed by atoms with Crippen molar-refractivity contribution in [1.29, 1.82) is 0 Å². The Kier molecular flexibility index (Phi) is 4.07. The van der Waals surface area contributed by atoms with Crippen molar-refractivity contribution in [2.24, 2.45) is 5.92 Å². The van der Waals surface area contributed by atoms with Crippen molar-refractivity contribution in [3.63, 3.8) is 0 Å². The van der Waals surface area contributed by atoms with Gasteiger partial charge in [-0.3, -0.25) is 14.9 Å². The summed E-state index contributed by atoms with van der Waals surface area (Å²) in [4.78, 5) is 38.8. The fourth-order valence-corrected chi connectivity index (χ4v) is 2.65. The smallest absolute Gasteiger partial charge is 0.321 e. The number of amides is 4. The molecule has 2 saturated heterocycles. The van der Waals surface area contributed by atoms with Crippen molar-refractivity contribution in [2.45, 2.75) is 39.2 Å². The van der Waals surface area contributed by atoms with E-state index < -0.39 is 11.9 Å². The van der Waals surface area contributed by atoms with Crippen molar-refractivity contribution in [3.8, 4) is 0 Å². The Bertz CT molecular complexity index is 389. The molecular weight excluding hydrogens is 246 g/mol. The van der Waals surface area contributed by atoms with Gasteiger partial charge in [0.2, 0.25) is 11.8 Å². The number of carbonyl (C=O) groups excluding carboxylic acids is 3. The lowest BCUT2D eigenvalue weighted by Gasteiger charge is -2.39. The van der Waals surface area contributed by atoms with E-state index in [1.165, 1.54) is 4.90 Å². The van der Waals surface area contributed by atoms with Crippen molar-refractivity contribution in [2.75, 3.05) is 19.6 Å². The van der Waals surface area contributed by atoms with Gasteiger partial charge in [-0.25, -0.2) is 4.79 Å². The monoisotopic (exact) mass is 267 g/mol. The summed E-state index contributed by atoms with van der Waals surface area (Å²) in [6, 6.07) is -0.702. The molecule has 0 radical (unpaired) electrons. The first-order chi connectivity index (χ1) is 9.02. The number of rotatable bonds is 1. The van der Waals surface area contributed by atoms with E-state index in [4.69, 9.17) is 0 Å². The van der Waals surface area contributed by atoms with Gasteiger partial charge in [0.15, 0.2) is 0 Å². The molecule has 106 valence electrons. The Balaban J connectivity index is 2.07. The largest absolute Gasteiger partial charge is 0.325 e. The van der Waals surface area contributed by atoms with Crippen LogP contribution in [0, 0.1) is 5.92 Å². The van der Waals surface area contributed by atoms with E-state index in [1.807, 2.05) is 6.92 Å². The highest BCUT2D eigenvalue weighted by Crippen LogP contribution is 2.19. The van der Waals surface area contributed by atoms with Gasteiger partial charge in [0.05, 0.1) is 0 Å². The number of imide groups is 1. The van der Waals surface area contributed by atoms with Crippen molar-refractivity contribution in [3.05, 3.63) is 0 Å². The van der Waals surface area contributed by atoms with Gasteiger partial charge in [0.1, 0.15) is 12.6 Å². The molecule has 6 heteroatoms. The van der Waals surface area contributed by atoms with Gasteiger partial charge in [-0.2, -0.15) is 0 Å². The van der Waals surface area contributed by atoms with Crippen LogP contribution in [-0.2, 0) is 9.59 Å². The molecule has 2 heterocycles. The number of hydrogen-bond acceptors (Lipinski definition) is 3. The van der Waals surface area contributed by atoms with E-state index in [0.29, 0.717) is 25.4 Å². The maximum absolute atomic E-state index is 12.4. The summed E-state index contributed by atoms with van der Waals surface area (Å²) in [5, 5.41) is 2.28. The molecule has 6 nitrogen and oxygen atoms in total. The zero-order valence-electron chi connectivity index (χ0n) is 11.5. The summed E-state index contributed by atoms with van der Waals surface area (Å²) in [6.07, 6.45) is 2.49. The van der Waals surface area contributed by atoms with Gasteiger partial charge in [-0.1, -0.05) is 13.8 Å². The molecule has 0 aromatic carbocycles. The molecule has 1 N–H and O–H groups in total. The summed E-state index contributed by atoms with van der Waals surface area (Å²) >= 11 is 0. The number of hydrogen-bond donors (Lipinski definition) is 1. The molecule has 0 spiro atoms. The van der Waals surface area contributed by atoms with Gasteiger partial charge < -0.3 is 9.80 Å². The fourth-order valence-electron chi connectivity index (χ4n) is 2.65. The van der Waals surface area contributed by atoms with Crippen LogP contribution < -0.4 is 5.32 Å². The number of nitrogens with one attached hydrogen (secondary N) is 1. The Morgan fingerprint density at radius 1 is 1.32 bits per heavy atom. The Morgan fingerprint density at radius 3 is 2.53 bits per heavy atom. The first-order valence-electron chi connectivity index (χ1n) is 6.92. The standard InChI is InChI=1S/C13H21N3O3/c1-3-10-12(18)14-11(17)8-16(10)13(19)15-6-4-9(2)5-7-15/h9-10H,3-8H2,1-2H3,(H,14,17,18). The minimum atomic E-state index is -0.524. The lowest BCUT2D eigenvalue weighted by Crippen LogP contribution is -2.62. The Morgan fingerprint density at radius 2 is 1.95 bits per heavy atom. The van der Waals surface area contributed by atoms with Crippen molar-refractivity contribution in [1.82, 2.24) is 15.1 Å². The van der Waals surface area contributed by atoms with Gasteiger partial charge in [0, 0.05) is 13.1 Å². The van der Waals surface area contributed by atoms with E-state index in [-0.39, 0.29) is 18.5 Å². The van der Waals surface area contributed by atoms with Crippen LogP contribution in [0.5, 0.6) is 0 Å². The third-order valence-corrected chi connectivity index (χ3v) is 3.94. The average Bonchev–Trinajstić information content (AvgIpc) is 2.38. The van der Waals surface area contributed by atoms with Crippen LogP contribution in [0.25, 0.3) is 0 Å². The third kappa shape index (κ3) is 2.88. The van der Waals surface area contributed by atoms with E-state index in [0.717, 1.165) is 12.8 Å². The number of likely N-dealkylation sites (tertiary alicyclic amines) is 1. The van der Waals surface area contributed by atoms with Crippen LogP contribution in [0.15, 0.2) is 0 Å². The summed E-state index contributed by atoms with van der Waals surface area (Å²) in [5.74, 6) is -0.122. The third-order valence-electron chi connectivity index (χ3n) is 3.94. The summed E-state index contributed by atoms with van der Waals surface area (Å²) in [7, 11) is 0. The first-order valence-corrected chi connectivity index (χ1v) is 6.92. The second kappa shape index (κ2) is 5.59. The predicted octanol–water partition coefficient (Wildman–Crippen LogP) is 0.575. The van der Waals surface area contributed by atoms with Crippen LogP contribution in [0.3, 0.4) is 0 Å². The van der Waals surface area contributed by atoms with Crippen molar-refractivity contribution < 1.29 is 14.4 Å². The maximum Gasteiger partial charge on any atom is 0.321 e. The summed E-state index contributed by atoms with van der Waals surface area (Å²) in [6.45, 7) is 5.42. The van der Waals surface area contributed by atoms with Crippen LogP contribution in [0.1, 0.15) is 33.1 Å². The molecule has 1 atom stereocenters. The van der Waals surface area contributed by atoms with Crippen LogP contribution in [-0.4, -0.2) is 53.3 Å². The van der Waals surface area contributed by atoms with E-state index in [9.17, 15) is 14.4 Å². The normalized spacial score (nSPS) is 25.5. The predicted molar refractivity (Wildman–Crippen MR) is 69.3 cm³/mol. The molecule has 4 amide bonds. The van der Waals surface area contributed by atoms with Gasteiger partial charge in [-0.15, -0.1) is 0 Å². The Labute approximate surface area is 113 Å². The molecule has 0 bridgehead atoms. The molecule has 0 aliphatic carbocycles. The Hall–Kier alpha value is -1.59. The van der Waals surface area contributed by atoms with Crippen LogP contribution >= 0.6 is 0 Å². The zero-order valence-corrected chi connectivity index (χ0v) is 11.5. The first kappa shape index (κ1) is 13.8. The molecule has 19 heavy (non-hydrogen) atoms. The molecule has 2 fully saturated rings. The minimum Gasteiger partial charge on any atom is -0.325 e. The van der Waals surface area contributed by atoms with Gasteiger partial charge in [-0.05, 0) is 25.2 Å². The van der Waals surface area contributed by atoms with E-state index in [2.05, 4.69) is 12.2 Å². The molecule has 0 aromatic rings. The molecule has 0 saturated carbocycles. The van der Waals surface area contributed by atoms with E-state index in [1.54, 1.807) is 4.90 Å². The highest BCUT2D eigenvalue weighted by molar-refractivity contribution is 6.04.